The van der Waals surface area contributed by atoms with E-state index in [9.17, 15) is 14.7 Å². The van der Waals surface area contributed by atoms with Crippen LogP contribution in [-0.2, 0) is 15.3 Å². The van der Waals surface area contributed by atoms with Gasteiger partial charge in [0.15, 0.2) is 16.9 Å². The maximum absolute atomic E-state index is 12.6. The number of thiol groups is 1. The van der Waals surface area contributed by atoms with Crippen molar-refractivity contribution in [3.8, 4) is 0 Å². The molecule has 9 nitrogen and oxygen atoms in total. The number of nitrogen functional groups attached to an aromatic ring is 1. The zero-order valence-electron chi connectivity index (χ0n) is 14.1. The molecule has 0 saturated carbocycles. The number of H-pyrrole nitrogens is 1. The molecule has 2 aromatic rings. The molecule has 136 valence electrons. The van der Waals surface area contributed by atoms with Crippen LogP contribution in [0.5, 0.6) is 0 Å². The Hall–Kier alpha value is -1.91. The van der Waals surface area contributed by atoms with E-state index < -0.39 is 28.7 Å². The van der Waals surface area contributed by atoms with Gasteiger partial charge in [-0.2, -0.15) is 17.6 Å². The van der Waals surface area contributed by atoms with E-state index in [2.05, 4.69) is 27.6 Å². The molecule has 1 fully saturated rings. The van der Waals surface area contributed by atoms with Crippen LogP contribution in [0.3, 0.4) is 0 Å². The number of aromatic nitrogens is 4. The van der Waals surface area contributed by atoms with Crippen LogP contribution in [0.15, 0.2) is 11.1 Å². The number of nitrogens with two attached hydrogens (primary N) is 1. The van der Waals surface area contributed by atoms with E-state index >= 15 is 0 Å². The first-order valence-corrected chi connectivity index (χ1v) is 8.48. The largest absolute Gasteiger partial charge is 0.389 e. The third-order valence-corrected chi connectivity index (χ3v) is 5.08. The number of aliphatic hydroxyl groups excluding tert-OH is 1. The van der Waals surface area contributed by atoms with Crippen LogP contribution >= 0.6 is 12.6 Å². The molecule has 1 aliphatic heterocycles. The number of Topliss-reactive ketones (excluding diaryl/α,β-unsaturated/α-hetero) is 1. The molecular formula is C15H21N5O4S. The van der Waals surface area contributed by atoms with Crippen molar-refractivity contribution in [2.24, 2.45) is 5.92 Å². The number of rotatable bonds is 4. The van der Waals surface area contributed by atoms with Crippen LogP contribution in [0.1, 0.15) is 27.2 Å². The van der Waals surface area contributed by atoms with E-state index in [-0.39, 0.29) is 28.8 Å². The number of hydrogen-bond donors (Lipinski definition) is 4. The number of hydrogen-bond acceptors (Lipinski definition) is 8. The Morgan fingerprint density at radius 3 is 2.88 bits per heavy atom. The minimum Gasteiger partial charge on any atom is -0.389 e. The van der Waals surface area contributed by atoms with Gasteiger partial charge < -0.3 is 15.6 Å². The number of ether oxygens (including phenoxy) is 1. The minimum absolute atomic E-state index is 0.0285. The first-order chi connectivity index (χ1) is 11.7. The molecule has 0 amide bonds. The highest BCUT2D eigenvalue weighted by molar-refractivity contribution is 7.81. The zero-order valence-corrected chi connectivity index (χ0v) is 15.0. The number of fused-ring (bicyclic) bond motifs is 1. The molecular weight excluding hydrogens is 346 g/mol. The standard InChI is InChI=1S/C15H21N5O4S/c1-6(2)4-8-10(22)11(25)15(24-8,7(3)21)20-5-17-9-12(20)18-14(16)19-13(9)23/h5-6,8,10-11,22,25H,4H2,1-3H3,(H3,16,18,19,23)/t8-,10-,11-,15-/m1/s1. The number of aliphatic hydroxyl groups is 1. The highest BCUT2D eigenvalue weighted by atomic mass is 32.1. The minimum atomic E-state index is -1.62. The van der Waals surface area contributed by atoms with Crippen molar-refractivity contribution in [2.45, 2.75) is 50.4 Å². The van der Waals surface area contributed by atoms with Gasteiger partial charge in [0.1, 0.15) is 6.33 Å². The van der Waals surface area contributed by atoms with Crippen molar-refractivity contribution in [1.82, 2.24) is 19.5 Å². The highest BCUT2D eigenvalue weighted by Crippen LogP contribution is 2.42. The Kier molecular flexibility index (Phi) is 4.38. The van der Waals surface area contributed by atoms with Gasteiger partial charge in [-0.15, -0.1) is 0 Å². The molecule has 0 bridgehead atoms. The lowest BCUT2D eigenvalue weighted by atomic mass is 9.98. The Bertz CT molecular complexity index is 878. The predicted octanol–water partition coefficient (Wildman–Crippen LogP) is 0.0478. The topological polar surface area (TPSA) is 136 Å². The van der Waals surface area contributed by atoms with Crippen molar-refractivity contribution in [3.05, 3.63) is 16.7 Å². The SMILES string of the molecule is CC(=O)[C@@]1(n2cnc3c(=O)[nH]c(N)nc32)O[C@H](CC(C)C)[C@@H](O)[C@H]1S. The maximum Gasteiger partial charge on any atom is 0.280 e. The van der Waals surface area contributed by atoms with Crippen LogP contribution in [0.25, 0.3) is 11.2 Å². The van der Waals surface area contributed by atoms with Crippen molar-refractivity contribution in [1.29, 1.82) is 0 Å². The molecule has 10 heteroatoms. The molecule has 0 unspecified atom stereocenters. The van der Waals surface area contributed by atoms with Crippen LogP contribution in [-0.4, -0.2) is 47.9 Å². The molecule has 0 radical (unpaired) electrons. The van der Waals surface area contributed by atoms with Crippen LogP contribution in [0, 0.1) is 5.92 Å². The lowest BCUT2D eigenvalue weighted by Gasteiger charge is -2.31. The summed E-state index contributed by atoms with van der Waals surface area (Å²) in [7, 11) is 0. The van der Waals surface area contributed by atoms with E-state index in [0.29, 0.717) is 6.42 Å². The van der Waals surface area contributed by atoms with Gasteiger partial charge in [-0.05, 0) is 19.3 Å². The number of carbonyl (C=O) groups is 1. The highest BCUT2D eigenvalue weighted by Gasteiger charge is 2.58. The summed E-state index contributed by atoms with van der Waals surface area (Å²) in [6.07, 6.45) is 0.298. The number of ketones is 1. The normalized spacial score (nSPS) is 29.6. The number of nitrogens with zero attached hydrogens (tertiary/aromatic N) is 3. The monoisotopic (exact) mass is 367 g/mol. The Morgan fingerprint density at radius 2 is 2.28 bits per heavy atom. The number of carbonyl (C=O) groups excluding carboxylic acids is 1. The van der Waals surface area contributed by atoms with Crippen LogP contribution < -0.4 is 11.3 Å². The van der Waals surface area contributed by atoms with Crippen molar-refractivity contribution < 1.29 is 14.6 Å². The van der Waals surface area contributed by atoms with Crippen molar-refractivity contribution in [3.63, 3.8) is 0 Å². The van der Waals surface area contributed by atoms with Crippen LogP contribution in [0.4, 0.5) is 5.95 Å². The summed E-state index contributed by atoms with van der Waals surface area (Å²) >= 11 is 4.46. The summed E-state index contributed by atoms with van der Waals surface area (Å²) in [6.45, 7) is 5.33. The summed E-state index contributed by atoms with van der Waals surface area (Å²) in [5, 5.41) is 9.72. The van der Waals surface area contributed by atoms with Gasteiger partial charge in [0.2, 0.25) is 11.7 Å². The molecule has 2 aromatic heterocycles. The Balaban J connectivity index is 2.21. The lowest BCUT2D eigenvalue weighted by molar-refractivity contribution is -0.155. The van der Waals surface area contributed by atoms with Crippen molar-refractivity contribution in [2.75, 3.05) is 5.73 Å². The average molecular weight is 367 g/mol. The fourth-order valence-electron chi connectivity index (χ4n) is 3.29. The number of nitrogens with one attached hydrogen (secondary N) is 1. The smallest absolute Gasteiger partial charge is 0.280 e. The molecule has 0 aliphatic carbocycles. The summed E-state index contributed by atoms with van der Waals surface area (Å²) in [5.41, 5.74) is 3.62. The second kappa shape index (κ2) is 6.11. The fraction of sp³-hybridized carbons (Fsp3) is 0.600. The predicted molar refractivity (Wildman–Crippen MR) is 94.3 cm³/mol. The average Bonchev–Trinajstić information content (AvgIpc) is 3.02. The quantitative estimate of drug-likeness (QED) is 0.560. The van der Waals surface area contributed by atoms with Gasteiger partial charge in [0.25, 0.3) is 5.56 Å². The number of aromatic amines is 1. The lowest BCUT2D eigenvalue weighted by Crippen LogP contribution is -2.48. The third-order valence-electron chi connectivity index (χ3n) is 4.43. The maximum atomic E-state index is 12.6. The number of imidazole rings is 1. The molecule has 4 N–H and O–H groups in total. The third kappa shape index (κ3) is 2.64. The first-order valence-electron chi connectivity index (χ1n) is 7.96. The van der Waals surface area contributed by atoms with E-state index in [1.165, 1.54) is 17.8 Å². The van der Waals surface area contributed by atoms with Gasteiger partial charge in [-0.25, -0.2) is 4.98 Å². The molecule has 3 heterocycles. The van der Waals surface area contributed by atoms with Crippen molar-refractivity contribution >= 4 is 35.5 Å². The van der Waals surface area contributed by atoms with Gasteiger partial charge in [-0.1, -0.05) is 13.8 Å². The fourth-order valence-corrected chi connectivity index (χ4v) is 3.85. The summed E-state index contributed by atoms with van der Waals surface area (Å²) in [4.78, 5) is 35.1. The van der Waals surface area contributed by atoms with Gasteiger partial charge >= 0.3 is 0 Å². The molecule has 4 atom stereocenters. The molecule has 1 aliphatic rings. The van der Waals surface area contributed by atoms with E-state index in [1.54, 1.807) is 0 Å². The Morgan fingerprint density at radius 1 is 1.60 bits per heavy atom. The van der Waals surface area contributed by atoms with Crippen LogP contribution in [0.2, 0.25) is 0 Å². The molecule has 3 rings (SSSR count). The number of anilines is 1. The van der Waals surface area contributed by atoms with Gasteiger partial charge in [-0.3, -0.25) is 19.1 Å². The molecule has 0 spiro atoms. The van der Waals surface area contributed by atoms with E-state index in [1.807, 2.05) is 13.8 Å². The second-order valence-electron chi connectivity index (χ2n) is 6.71. The van der Waals surface area contributed by atoms with Gasteiger partial charge in [0.05, 0.1) is 17.5 Å². The van der Waals surface area contributed by atoms with Gasteiger partial charge in [0, 0.05) is 0 Å². The summed E-state index contributed by atoms with van der Waals surface area (Å²) < 4.78 is 7.38. The van der Waals surface area contributed by atoms with E-state index in [4.69, 9.17) is 10.5 Å². The molecule has 1 saturated heterocycles. The molecule has 0 aromatic carbocycles. The molecule has 25 heavy (non-hydrogen) atoms. The summed E-state index contributed by atoms with van der Waals surface area (Å²) in [5.74, 6) is -0.234. The second-order valence-corrected chi connectivity index (χ2v) is 7.27. The van der Waals surface area contributed by atoms with E-state index in [0.717, 1.165) is 0 Å². The summed E-state index contributed by atoms with van der Waals surface area (Å²) in [6, 6.07) is 0. The Labute approximate surface area is 149 Å². The zero-order chi connectivity index (χ0) is 18.5. The first kappa shape index (κ1) is 17.9.